The van der Waals surface area contributed by atoms with E-state index in [2.05, 4.69) is 18.6 Å². The van der Waals surface area contributed by atoms with Crippen molar-refractivity contribution in [3.05, 3.63) is 23.2 Å². The lowest BCUT2D eigenvalue weighted by Crippen LogP contribution is -2.38. The number of ether oxygens (including phenoxy) is 1. The van der Waals surface area contributed by atoms with Gasteiger partial charge in [0, 0.05) is 26.6 Å². The largest absolute Gasteiger partial charge is 0.495 e. The standard InChI is InChI=1S/C16H25ClN2O4S/c1-12(2)7-9-19(13(3)20)10-8-18-24(21,22)14-5-6-16(23-4)15(17)11-14/h5-6,11-12,18H,7-10H2,1-4H3. The van der Waals surface area contributed by atoms with Crippen molar-refractivity contribution in [1.82, 2.24) is 9.62 Å². The highest BCUT2D eigenvalue weighted by molar-refractivity contribution is 7.89. The van der Waals surface area contributed by atoms with Crippen LogP contribution in [0, 0.1) is 5.92 Å². The van der Waals surface area contributed by atoms with Gasteiger partial charge in [0.25, 0.3) is 0 Å². The molecule has 136 valence electrons. The van der Waals surface area contributed by atoms with Gasteiger partial charge in [-0.25, -0.2) is 13.1 Å². The van der Waals surface area contributed by atoms with E-state index in [1.54, 1.807) is 4.90 Å². The van der Waals surface area contributed by atoms with Crippen LogP contribution in [-0.2, 0) is 14.8 Å². The molecule has 24 heavy (non-hydrogen) atoms. The van der Waals surface area contributed by atoms with Crippen LogP contribution in [0.5, 0.6) is 5.75 Å². The van der Waals surface area contributed by atoms with E-state index in [9.17, 15) is 13.2 Å². The third-order valence-electron chi connectivity index (χ3n) is 3.53. The first kappa shape index (κ1) is 20.7. The van der Waals surface area contributed by atoms with Crippen LogP contribution in [-0.4, -0.2) is 46.0 Å². The topological polar surface area (TPSA) is 75.7 Å². The summed E-state index contributed by atoms with van der Waals surface area (Å²) in [6.45, 7) is 6.72. The number of rotatable bonds is 9. The first-order valence-corrected chi connectivity index (χ1v) is 9.62. The molecule has 0 saturated heterocycles. The summed E-state index contributed by atoms with van der Waals surface area (Å²) in [6.07, 6.45) is 0.875. The Morgan fingerprint density at radius 1 is 1.33 bits per heavy atom. The number of nitrogens with zero attached hydrogens (tertiary/aromatic N) is 1. The molecule has 0 unspecified atom stereocenters. The van der Waals surface area contributed by atoms with Gasteiger partial charge in [0.15, 0.2) is 0 Å². The molecule has 0 aliphatic carbocycles. The summed E-state index contributed by atoms with van der Waals surface area (Å²) in [7, 11) is -2.23. The van der Waals surface area contributed by atoms with Gasteiger partial charge >= 0.3 is 0 Å². The van der Waals surface area contributed by atoms with Crippen LogP contribution < -0.4 is 9.46 Å². The second-order valence-electron chi connectivity index (χ2n) is 5.88. The smallest absolute Gasteiger partial charge is 0.240 e. The second-order valence-corrected chi connectivity index (χ2v) is 8.06. The fourth-order valence-corrected chi connectivity index (χ4v) is 3.42. The highest BCUT2D eigenvalue weighted by Gasteiger charge is 2.17. The van der Waals surface area contributed by atoms with Crippen molar-refractivity contribution >= 4 is 27.5 Å². The minimum absolute atomic E-state index is 0.0601. The molecule has 0 fully saturated rings. The van der Waals surface area contributed by atoms with E-state index >= 15 is 0 Å². The maximum absolute atomic E-state index is 12.3. The Kier molecular flexibility index (Phi) is 7.99. The molecule has 1 rings (SSSR count). The Morgan fingerprint density at radius 3 is 2.50 bits per heavy atom. The minimum Gasteiger partial charge on any atom is -0.495 e. The summed E-state index contributed by atoms with van der Waals surface area (Å²) in [6, 6.07) is 4.26. The summed E-state index contributed by atoms with van der Waals surface area (Å²) >= 11 is 5.96. The van der Waals surface area contributed by atoms with Gasteiger partial charge in [-0.2, -0.15) is 0 Å². The van der Waals surface area contributed by atoms with Crippen molar-refractivity contribution in [3.8, 4) is 5.75 Å². The first-order valence-electron chi connectivity index (χ1n) is 7.76. The number of benzene rings is 1. The molecule has 1 amide bonds. The summed E-state index contributed by atoms with van der Waals surface area (Å²) in [5, 5.41) is 0.225. The van der Waals surface area contributed by atoms with Crippen LogP contribution in [0.3, 0.4) is 0 Å². The Balaban J connectivity index is 2.67. The number of carbonyl (C=O) groups excluding carboxylic acids is 1. The summed E-state index contributed by atoms with van der Waals surface area (Å²) < 4.78 is 32.1. The lowest BCUT2D eigenvalue weighted by atomic mass is 10.1. The third kappa shape index (κ3) is 6.30. The minimum atomic E-state index is -3.69. The van der Waals surface area contributed by atoms with Crippen LogP contribution in [0.4, 0.5) is 0 Å². The zero-order chi connectivity index (χ0) is 18.3. The molecule has 0 radical (unpaired) electrons. The van der Waals surface area contributed by atoms with Gasteiger partial charge in [0.1, 0.15) is 5.75 Å². The molecule has 0 spiro atoms. The average Bonchev–Trinajstić information content (AvgIpc) is 2.49. The molecule has 0 aliphatic heterocycles. The molecule has 0 heterocycles. The van der Waals surface area contributed by atoms with E-state index in [-0.39, 0.29) is 22.4 Å². The Bertz CT molecular complexity index is 662. The zero-order valence-electron chi connectivity index (χ0n) is 14.5. The molecule has 1 aromatic rings. The van der Waals surface area contributed by atoms with Crippen molar-refractivity contribution in [3.63, 3.8) is 0 Å². The highest BCUT2D eigenvalue weighted by atomic mass is 35.5. The van der Waals surface area contributed by atoms with Crippen molar-refractivity contribution in [2.45, 2.75) is 32.1 Å². The molecule has 0 aliphatic rings. The number of halogens is 1. The molecular weight excluding hydrogens is 352 g/mol. The monoisotopic (exact) mass is 376 g/mol. The number of carbonyl (C=O) groups is 1. The van der Waals surface area contributed by atoms with Crippen LogP contribution in [0.25, 0.3) is 0 Å². The normalized spacial score (nSPS) is 11.6. The summed E-state index contributed by atoms with van der Waals surface area (Å²) in [5.41, 5.74) is 0. The maximum atomic E-state index is 12.3. The van der Waals surface area contributed by atoms with Crippen LogP contribution >= 0.6 is 11.6 Å². The van der Waals surface area contributed by atoms with Gasteiger partial charge in [-0.1, -0.05) is 25.4 Å². The van der Waals surface area contributed by atoms with Gasteiger partial charge in [-0.05, 0) is 30.5 Å². The van der Waals surface area contributed by atoms with E-state index in [4.69, 9.17) is 16.3 Å². The Morgan fingerprint density at radius 2 is 2.00 bits per heavy atom. The predicted octanol–water partition coefficient (Wildman–Crippen LogP) is 2.52. The van der Waals surface area contributed by atoms with Crippen molar-refractivity contribution in [2.24, 2.45) is 5.92 Å². The lowest BCUT2D eigenvalue weighted by molar-refractivity contribution is -0.128. The van der Waals surface area contributed by atoms with Gasteiger partial charge in [-0.15, -0.1) is 0 Å². The molecule has 8 heteroatoms. The van der Waals surface area contributed by atoms with Gasteiger partial charge in [0.2, 0.25) is 15.9 Å². The molecule has 0 atom stereocenters. The number of methoxy groups -OCH3 is 1. The van der Waals surface area contributed by atoms with E-state index in [1.165, 1.54) is 32.2 Å². The average molecular weight is 377 g/mol. The zero-order valence-corrected chi connectivity index (χ0v) is 16.1. The van der Waals surface area contributed by atoms with Gasteiger partial charge < -0.3 is 9.64 Å². The van der Waals surface area contributed by atoms with Crippen molar-refractivity contribution in [1.29, 1.82) is 0 Å². The van der Waals surface area contributed by atoms with E-state index in [0.717, 1.165) is 6.42 Å². The first-order chi connectivity index (χ1) is 11.2. The fraction of sp³-hybridized carbons (Fsp3) is 0.562. The quantitative estimate of drug-likeness (QED) is 0.718. The SMILES string of the molecule is COc1ccc(S(=O)(=O)NCCN(CCC(C)C)C(C)=O)cc1Cl. The van der Waals surface area contributed by atoms with Gasteiger partial charge in [-0.3, -0.25) is 4.79 Å². The molecule has 1 aromatic carbocycles. The fourth-order valence-electron chi connectivity index (χ4n) is 2.05. The Labute approximate surface area is 149 Å². The highest BCUT2D eigenvalue weighted by Crippen LogP contribution is 2.26. The Hall–Kier alpha value is -1.31. The number of amides is 1. The lowest BCUT2D eigenvalue weighted by Gasteiger charge is -2.22. The van der Waals surface area contributed by atoms with E-state index in [1.807, 2.05) is 0 Å². The number of nitrogens with one attached hydrogen (secondary N) is 1. The van der Waals surface area contributed by atoms with Gasteiger partial charge in [0.05, 0.1) is 17.0 Å². The molecule has 0 saturated carbocycles. The van der Waals surface area contributed by atoms with Crippen LogP contribution in [0.15, 0.2) is 23.1 Å². The molecule has 0 bridgehead atoms. The third-order valence-corrected chi connectivity index (χ3v) is 5.28. The summed E-state index contributed by atoms with van der Waals surface area (Å²) in [4.78, 5) is 13.3. The second kappa shape index (κ2) is 9.25. The number of hydrogen-bond acceptors (Lipinski definition) is 4. The number of hydrogen-bond donors (Lipinski definition) is 1. The van der Waals surface area contributed by atoms with E-state index in [0.29, 0.717) is 24.8 Å². The predicted molar refractivity (Wildman–Crippen MR) is 94.9 cm³/mol. The van der Waals surface area contributed by atoms with E-state index < -0.39 is 10.0 Å². The van der Waals surface area contributed by atoms with Crippen LogP contribution in [0.1, 0.15) is 27.2 Å². The van der Waals surface area contributed by atoms with Crippen LogP contribution in [0.2, 0.25) is 5.02 Å². The molecule has 1 N–H and O–H groups in total. The van der Waals surface area contributed by atoms with Crippen molar-refractivity contribution < 1.29 is 17.9 Å². The number of sulfonamides is 1. The summed E-state index contributed by atoms with van der Waals surface area (Å²) in [5.74, 6) is 0.819. The molecular formula is C16H25ClN2O4S. The molecule has 0 aromatic heterocycles. The van der Waals surface area contributed by atoms with Crippen molar-refractivity contribution in [2.75, 3.05) is 26.7 Å². The molecule has 6 nitrogen and oxygen atoms in total. The maximum Gasteiger partial charge on any atom is 0.240 e.